The van der Waals surface area contributed by atoms with Crippen LogP contribution < -0.4 is 4.74 Å². The van der Waals surface area contributed by atoms with Crippen LogP contribution in [0.1, 0.15) is 28.6 Å². The second-order valence-corrected chi connectivity index (χ2v) is 7.09. The molecule has 4 heterocycles. The summed E-state index contributed by atoms with van der Waals surface area (Å²) in [6.07, 6.45) is 4.96. The van der Waals surface area contributed by atoms with Crippen LogP contribution in [0.15, 0.2) is 36.9 Å². The molecule has 1 aliphatic heterocycles. The fourth-order valence-electron chi connectivity index (χ4n) is 3.56. The van der Waals surface area contributed by atoms with Gasteiger partial charge in [0.2, 0.25) is 5.82 Å². The molecule has 0 N–H and O–H groups in total. The monoisotopic (exact) mass is 413 g/mol. The van der Waals surface area contributed by atoms with Gasteiger partial charge in [-0.1, -0.05) is 11.6 Å². The number of fused-ring (bicyclic) bond motifs is 5. The van der Waals surface area contributed by atoms with E-state index in [1.54, 1.807) is 32.9 Å². The molecular formula is C22H19N7O2. The normalized spacial score (nSPS) is 11.6. The summed E-state index contributed by atoms with van der Waals surface area (Å²) < 4.78 is 14.5. The molecule has 0 radical (unpaired) electrons. The number of rotatable bonds is 3. The zero-order valence-electron chi connectivity index (χ0n) is 17.3. The van der Waals surface area contributed by atoms with E-state index in [-0.39, 0.29) is 0 Å². The molecule has 0 amide bonds. The zero-order chi connectivity index (χ0) is 21.4. The first-order chi connectivity index (χ1) is 15.2. The lowest BCUT2D eigenvalue weighted by Crippen LogP contribution is -2.09. The molecule has 5 rings (SSSR count). The van der Waals surface area contributed by atoms with Gasteiger partial charge in [0.15, 0.2) is 17.4 Å². The molecule has 1 aliphatic rings. The second-order valence-electron chi connectivity index (χ2n) is 7.09. The number of ether oxygens (including phenoxy) is 2. The smallest absolute Gasteiger partial charge is 0.205 e. The molecule has 1 aromatic carbocycles. The van der Waals surface area contributed by atoms with Gasteiger partial charge in [0.05, 0.1) is 37.4 Å². The van der Waals surface area contributed by atoms with Crippen molar-refractivity contribution in [3.8, 4) is 34.7 Å². The first-order valence-corrected chi connectivity index (χ1v) is 9.64. The van der Waals surface area contributed by atoms with Crippen molar-refractivity contribution in [3.63, 3.8) is 0 Å². The molecule has 4 aromatic rings. The third kappa shape index (κ3) is 3.33. The summed E-state index contributed by atoms with van der Waals surface area (Å²) in [6, 6.07) is 6.25. The fourth-order valence-corrected chi connectivity index (χ4v) is 3.56. The first kappa shape index (κ1) is 19.0. The van der Waals surface area contributed by atoms with Crippen molar-refractivity contribution in [2.45, 2.75) is 20.1 Å². The van der Waals surface area contributed by atoms with E-state index < -0.39 is 0 Å². The Morgan fingerprint density at radius 1 is 1.06 bits per heavy atom. The van der Waals surface area contributed by atoms with Crippen LogP contribution in [0.4, 0.5) is 0 Å². The van der Waals surface area contributed by atoms with Gasteiger partial charge in [-0.25, -0.2) is 15.0 Å². The quantitative estimate of drug-likeness (QED) is 0.419. The first-order valence-electron chi connectivity index (χ1n) is 9.64. The third-order valence-corrected chi connectivity index (χ3v) is 5.08. The lowest BCUT2D eigenvalue weighted by Gasteiger charge is -2.08. The van der Waals surface area contributed by atoms with Gasteiger partial charge in [0.25, 0.3) is 0 Å². The molecule has 0 aliphatic carbocycles. The zero-order valence-corrected chi connectivity index (χ0v) is 17.3. The minimum Gasteiger partial charge on any atom is -0.494 e. The summed E-state index contributed by atoms with van der Waals surface area (Å²) >= 11 is 0. The largest absolute Gasteiger partial charge is 0.494 e. The lowest BCUT2D eigenvalue weighted by atomic mass is 10.1. The molecule has 0 saturated carbocycles. The SMILES string of the molecule is COCc1nnc2n1Cc1c(C#Cc3ncc(OC)cn3)ncn1-c1ccc(C)cc1-2. The Balaban J connectivity index is 1.64. The summed E-state index contributed by atoms with van der Waals surface area (Å²) in [5.41, 5.74) is 4.70. The molecule has 0 unspecified atom stereocenters. The number of methoxy groups -OCH3 is 2. The van der Waals surface area contributed by atoms with Crippen LogP contribution in [0.2, 0.25) is 0 Å². The summed E-state index contributed by atoms with van der Waals surface area (Å²) in [5.74, 6) is 8.64. The summed E-state index contributed by atoms with van der Waals surface area (Å²) in [5, 5.41) is 8.80. The van der Waals surface area contributed by atoms with Crippen LogP contribution in [0.25, 0.3) is 17.1 Å². The van der Waals surface area contributed by atoms with Crippen LogP contribution in [-0.2, 0) is 17.9 Å². The lowest BCUT2D eigenvalue weighted by molar-refractivity contribution is 0.174. The molecule has 154 valence electrons. The molecule has 0 fully saturated rings. The Hall–Kier alpha value is -4.03. The van der Waals surface area contributed by atoms with E-state index in [0.717, 1.165) is 34.2 Å². The number of hydrogen-bond acceptors (Lipinski definition) is 7. The standard InChI is InChI=1S/C22H19N7O2/c1-14-4-6-18-16(8-14)22-27-26-21(12-30-2)28(22)11-19-17(25-13-29(18)19)5-7-20-23-9-15(31-3)10-24-20/h4,6,8-10,13H,11-12H2,1-3H3. The molecule has 9 nitrogen and oxygen atoms in total. The minimum absolute atomic E-state index is 0.364. The summed E-state index contributed by atoms with van der Waals surface area (Å²) in [4.78, 5) is 13.0. The Morgan fingerprint density at radius 3 is 2.68 bits per heavy atom. The fraction of sp³-hybridized carbons (Fsp3) is 0.227. The van der Waals surface area contributed by atoms with Gasteiger partial charge in [-0.15, -0.1) is 10.2 Å². The number of imidazole rings is 1. The number of benzene rings is 1. The van der Waals surface area contributed by atoms with Gasteiger partial charge in [-0.05, 0) is 30.9 Å². The molecule has 9 heteroatoms. The van der Waals surface area contributed by atoms with Crippen molar-refractivity contribution < 1.29 is 9.47 Å². The summed E-state index contributed by atoms with van der Waals surface area (Å²) in [7, 11) is 3.22. The molecule has 0 saturated heterocycles. The van der Waals surface area contributed by atoms with E-state index in [2.05, 4.69) is 71.2 Å². The van der Waals surface area contributed by atoms with Gasteiger partial charge in [0, 0.05) is 12.7 Å². The van der Waals surface area contributed by atoms with E-state index in [0.29, 0.717) is 30.4 Å². The van der Waals surface area contributed by atoms with Crippen molar-refractivity contribution >= 4 is 0 Å². The van der Waals surface area contributed by atoms with E-state index in [9.17, 15) is 0 Å². The number of aromatic nitrogens is 7. The predicted molar refractivity (Wildman–Crippen MR) is 112 cm³/mol. The van der Waals surface area contributed by atoms with Crippen LogP contribution in [0.5, 0.6) is 5.75 Å². The van der Waals surface area contributed by atoms with Gasteiger partial charge >= 0.3 is 0 Å². The van der Waals surface area contributed by atoms with Crippen molar-refractivity contribution in [1.82, 2.24) is 34.3 Å². The highest BCUT2D eigenvalue weighted by Gasteiger charge is 2.25. The minimum atomic E-state index is 0.364. The van der Waals surface area contributed by atoms with Crippen LogP contribution >= 0.6 is 0 Å². The molecule has 0 atom stereocenters. The van der Waals surface area contributed by atoms with Crippen LogP contribution in [-0.4, -0.2) is 48.5 Å². The molecule has 31 heavy (non-hydrogen) atoms. The molecular weight excluding hydrogens is 394 g/mol. The van der Waals surface area contributed by atoms with E-state index in [1.807, 2.05) is 0 Å². The topological polar surface area (TPSA) is 92.8 Å². The molecule has 0 bridgehead atoms. The number of aryl methyl sites for hydroxylation is 1. The van der Waals surface area contributed by atoms with E-state index in [1.165, 1.54) is 0 Å². The highest BCUT2D eigenvalue weighted by atomic mass is 16.5. The van der Waals surface area contributed by atoms with Gasteiger partial charge in [-0.3, -0.25) is 4.57 Å². The maximum absolute atomic E-state index is 5.33. The third-order valence-electron chi connectivity index (χ3n) is 5.08. The molecule has 3 aromatic heterocycles. The Labute approximate surface area is 178 Å². The Kier molecular flexibility index (Phi) is 4.69. The maximum atomic E-state index is 5.33. The van der Waals surface area contributed by atoms with Crippen LogP contribution in [0, 0.1) is 18.8 Å². The van der Waals surface area contributed by atoms with Crippen LogP contribution in [0.3, 0.4) is 0 Å². The predicted octanol–water partition coefficient (Wildman–Crippen LogP) is 2.15. The van der Waals surface area contributed by atoms with Crippen molar-refractivity contribution in [2.24, 2.45) is 0 Å². The number of hydrogen-bond donors (Lipinski definition) is 0. The van der Waals surface area contributed by atoms with Crippen molar-refractivity contribution in [2.75, 3.05) is 14.2 Å². The highest BCUT2D eigenvalue weighted by Crippen LogP contribution is 2.33. The Morgan fingerprint density at radius 2 is 1.90 bits per heavy atom. The average Bonchev–Trinajstić information content (AvgIpc) is 3.34. The van der Waals surface area contributed by atoms with Gasteiger partial charge in [0.1, 0.15) is 18.6 Å². The van der Waals surface area contributed by atoms with Gasteiger partial charge < -0.3 is 14.0 Å². The number of nitrogens with zero attached hydrogens (tertiary/aromatic N) is 7. The highest BCUT2D eigenvalue weighted by molar-refractivity contribution is 5.70. The van der Waals surface area contributed by atoms with Gasteiger partial charge in [-0.2, -0.15) is 0 Å². The average molecular weight is 413 g/mol. The maximum Gasteiger partial charge on any atom is 0.205 e. The van der Waals surface area contributed by atoms with E-state index >= 15 is 0 Å². The Bertz CT molecular complexity index is 1330. The van der Waals surface area contributed by atoms with Crippen molar-refractivity contribution in [3.05, 3.63) is 65.5 Å². The van der Waals surface area contributed by atoms with Crippen molar-refractivity contribution in [1.29, 1.82) is 0 Å². The van der Waals surface area contributed by atoms with E-state index in [4.69, 9.17) is 9.47 Å². The summed E-state index contributed by atoms with van der Waals surface area (Å²) in [6.45, 7) is 2.94. The molecule has 0 spiro atoms. The second kappa shape index (κ2) is 7.66.